The molecular weight excluding hydrogens is 464 g/mol. The third-order valence-electron chi connectivity index (χ3n) is 5.19. The highest BCUT2D eigenvalue weighted by Crippen LogP contribution is 2.26. The quantitative estimate of drug-likeness (QED) is 0.195. The molecule has 4 rings (SSSR count). The van der Waals surface area contributed by atoms with E-state index in [1.165, 1.54) is 29.5 Å². The van der Waals surface area contributed by atoms with Gasteiger partial charge in [0.25, 0.3) is 5.69 Å². The predicted molar refractivity (Wildman–Crippen MR) is 136 cm³/mol. The standard InChI is InChI=1S/C25H24N6O3S/c1-17-6-8-20(9-7-17)27-24(32)26-15-23-28-29-25(35-16-19-5-3-4-18(2)14-19)30(23)21-10-12-22(13-11-21)31(33)34/h3-14H,15-16H2,1-2H3,(H2,26,27,32). The first kappa shape index (κ1) is 24.0. The summed E-state index contributed by atoms with van der Waals surface area (Å²) in [5.41, 5.74) is 4.76. The number of carbonyl (C=O) groups excluding carboxylic acids is 1. The fourth-order valence-electron chi connectivity index (χ4n) is 3.41. The zero-order valence-electron chi connectivity index (χ0n) is 19.3. The molecule has 3 aromatic carbocycles. The molecule has 0 atom stereocenters. The van der Waals surface area contributed by atoms with Crippen molar-refractivity contribution in [2.45, 2.75) is 31.3 Å². The fraction of sp³-hybridized carbons (Fsp3) is 0.160. The first-order chi connectivity index (χ1) is 16.9. The lowest BCUT2D eigenvalue weighted by molar-refractivity contribution is -0.384. The molecule has 35 heavy (non-hydrogen) atoms. The van der Waals surface area contributed by atoms with Crippen LogP contribution in [0.1, 0.15) is 22.5 Å². The Kier molecular flexibility index (Phi) is 7.41. The van der Waals surface area contributed by atoms with Gasteiger partial charge in [0, 0.05) is 29.3 Å². The molecule has 10 heteroatoms. The molecule has 0 saturated heterocycles. The second-order valence-electron chi connectivity index (χ2n) is 7.96. The Morgan fingerprint density at radius 1 is 1.00 bits per heavy atom. The van der Waals surface area contributed by atoms with Crippen LogP contribution >= 0.6 is 11.8 Å². The number of urea groups is 1. The highest BCUT2D eigenvalue weighted by atomic mass is 32.2. The summed E-state index contributed by atoms with van der Waals surface area (Å²) in [4.78, 5) is 23.1. The Bertz CT molecular complexity index is 1340. The maximum atomic E-state index is 12.4. The van der Waals surface area contributed by atoms with Gasteiger partial charge in [-0.05, 0) is 43.7 Å². The van der Waals surface area contributed by atoms with E-state index in [0.29, 0.717) is 28.1 Å². The number of benzene rings is 3. The molecule has 0 aliphatic rings. The van der Waals surface area contributed by atoms with Crippen LogP contribution in [0.3, 0.4) is 0 Å². The van der Waals surface area contributed by atoms with E-state index < -0.39 is 4.92 Å². The molecule has 4 aromatic rings. The van der Waals surface area contributed by atoms with E-state index in [2.05, 4.69) is 26.9 Å². The molecule has 0 radical (unpaired) electrons. The summed E-state index contributed by atoms with van der Waals surface area (Å²) in [6, 6.07) is 21.5. The third kappa shape index (κ3) is 6.24. The topological polar surface area (TPSA) is 115 Å². The second-order valence-corrected chi connectivity index (χ2v) is 8.90. The van der Waals surface area contributed by atoms with Crippen LogP contribution in [0, 0.1) is 24.0 Å². The molecule has 0 aliphatic carbocycles. The van der Waals surface area contributed by atoms with Gasteiger partial charge in [0.15, 0.2) is 11.0 Å². The fourth-order valence-corrected chi connectivity index (χ4v) is 4.33. The minimum absolute atomic E-state index is 0.00654. The number of non-ortho nitro benzene ring substituents is 1. The van der Waals surface area contributed by atoms with E-state index in [9.17, 15) is 14.9 Å². The number of hydrogen-bond donors (Lipinski definition) is 2. The van der Waals surface area contributed by atoms with Gasteiger partial charge in [0.2, 0.25) is 0 Å². The Morgan fingerprint density at radius 3 is 2.43 bits per heavy atom. The Morgan fingerprint density at radius 2 is 1.74 bits per heavy atom. The monoisotopic (exact) mass is 488 g/mol. The average Bonchev–Trinajstić information content (AvgIpc) is 3.26. The number of rotatable bonds is 8. The van der Waals surface area contributed by atoms with E-state index in [1.807, 2.05) is 56.3 Å². The van der Waals surface area contributed by atoms with Crippen molar-refractivity contribution in [2.75, 3.05) is 5.32 Å². The number of nitrogens with zero attached hydrogens (tertiary/aromatic N) is 4. The summed E-state index contributed by atoms with van der Waals surface area (Å²) in [6.07, 6.45) is 0. The van der Waals surface area contributed by atoms with Crippen molar-refractivity contribution in [3.63, 3.8) is 0 Å². The van der Waals surface area contributed by atoms with Crippen molar-refractivity contribution in [1.82, 2.24) is 20.1 Å². The summed E-state index contributed by atoms with van der Waals surface area (Å²) in [7, 11) is 0. The number of hydrogen-bond acceptors (Lipinski definition) is 6. The van der Waals surface area contributed by atoms with Crippen LogP contribution < -0.4 is 10.6 Å². The molecule has 0 spiro atoms. The normalized spacial score (nSPS) is 10.7. The Balaban J connectivity index is 1.54. The molecule has 9 nitrogen and oxygen atoms in total. The van der Waals surface area contributed by atoms with Crippen LogP contribution in [0.2, 0.25) is 0 Å². The average molecular weight is 489 g/mol. The van der Waals surface area contributed by atoms with Gasteiger partial charge in [-0.2, -0.15) is 0 Å². The van der Waals surface area contributed by atoms with Crippen molar-refractivity contribution >= 4 is 29.2 Å². The highest BCUT2D eigenvalue weighted by molar-refractivity contribution is 7.98. The van der Waals surface area contributed by atoms with Crippen molar-refractivity contribution in [1.29, 1.82) is 0 Å². The zero-order chi connectivity index (χ0) is 24.8. The highest BCUT2D eigenvalue weighted by Gasteiger charge is 2.17. The second kappa shape index (κ2) is 10.8. The lowest BCUT2D eigenvalue weighted by Crippen LogP contribution is -2.29. The molecular formula is C25H24N6O3S. The number of amides is 2. The lowest BCUT2D eigenvalue weighted by atomic mass is 10.2. The third-order valence-corrected chi connectivity index (χ3v) is 6.19. The largest absolute Gasteiger partial charge is 0.331 e. The summed E-state index contributed by atoms with van der Waals surface area (Å²) in [5.74, 6) is 1.18. The zero-order valence-corrected chi connectivity index (χ0v) is 20.1. The maximum Gasteiger partial charge on any atom is 0.319 e. The number of nitro benzene ring substituents is 1. The van der Waals surface area contributed by atoms with E-state index in [0.717, 1.165) is 11.1 Å². The van der Waals surface area contributed by atoms with Gasteiger partial charge in [-0.25, -0.2) is 4.79 Å². The van der Waals surface area contributed by atoms with Crippen LogP contribution in [-0.2, 0) is 12.3 Å². The molecule has 0 aliphatic heterocycles. The smallest absolute Gasteiger partial charge is 0.319 e. The van der Waals surface area contributed by atoms with Gasteiger partial charge in [-0.15, -0.1) is 10.2 Å². The van der Waals surface area contributed by atoms with Crippen LogP contribution in [-0.4, -0.2) is 25.7 Å². The number of aromatic nitrogens is 3. The molecule has 0 fully saturated rings. The minimum atomic E-state index is -0.443. The number of thioether (sulfide) groups is 1. The van der Waals surface area contributed by atoms with Crippen molar-refractivity contribution in [3.8, 4) is 5.69 Å². The molecule has 2 amide bonds. The molecule has 0 saturated carbocycles. The van der Waals surface area contributed by atoms with E-state index in [-0.39, 0.29) is 18.3 Å². The number of nitro groups is 1. The first-order valence-electron chi connectivity index (χ1n) is 10.9. The van der Waals surface area contributed by atoms with Gasteiger partial charge >= 0.3 is 6.03 Å². The van der Waals surface area contributed by atoms with Gasteiger partial charge in [-0.1, -0.05) is 59.3 Å². The van der Waals surface area contributed by atoms with Gasteiger partial charge < -0.3 is 10.6 Å². The number of carbonyl (C=O) groups is 1. The molecule has 0 bridgehead atoms. The van der Waals surface area contributed by atoms with Crippen molar-refractivity contribution in [3.05, 3.63) is 105 Å². The molecule has 1 aromatic heterocycles. The summed E-state index contributed by atoms with van der Waals surface area (Å²) in [6.45, 7) is 4.13. The minimum Gasteiger partial charge on any atom is -0.331 e. The van der Waals surface area contributed by atoms with Gasteiger partial charge in [0.1, 0.15) is 0 Å². The lowest BCUT2D eigenvalue weighted by Gasteiger charge is -2.12. The number of aryl methyl sites for hydroxylation is 2. The van der Waals surface area contributed by atoms with E-state index in [4.69, 9.17) is 0 Å². The number of nitrogens with one attached hydrogen (secondary N) is 2. The Labute approximate surface area is 206 Å². The van der Waals surface area contributed by atoms with Crippen LogP contribution in [0.5, 0.6) is 0 Å². The van der Waals surface area contributed by atoms with Crippen LogP contribution in [0.15, 0.2) is 78.0 Å². The van der Waals surface area contributed by atoms with Crippen LogP contribution in [0.4, 0.5) is 16.2 Å². The van der Waals surface area contributed by atoms with E-state index >= 15 is 0 Å². The molecule has 178 valence electrons. The molecule has 0 unspecified atom stereocenters. The number of anilines is 1. The summed E-state index contributed by atoms with van der Waals surface area (Å²) < 4.78 is 1.80. The summed E-state index contributed by atoms with van der Waals surface area (Å²) >= 11 is 1.50. The van der Waals surface area contributed by atoms with Crippen LogP contribution in [0.25, 0.3) is 5.69 Å². The molecule has 1 heterocycles. The SMILES string of the molecule is Cc1ccc(NC(=O)NCc2nnc(SCc3cccc(C)c3)n2-c2ccc([N+](=O)[O-])cc2)cc1. The van der Waals surface area contributed by atoms with Gasteiger partial charge in [-0.3, -0.25) is 14.7 Å². The summed E-state index contributed by atoms with van der Waals surface area (Å²) in [5, 5.41) is 25.9. The maximum absolute atomic E-state index is 12.4. The predicted octanol–water partition coefficient (Wildman–Crippen LogP) is 5.41. The van der Waals surface area contributed by atoms with Crippen molar-refractivity contribution < 1.29 is 9.72 Å². The first-order valence-corrected chi connectivity index (χ1v) is 11.9. The Hall–Kier alpha value is -4.18. The molecule has 2 N–H and O–H groups in total. The van der Waals surface area contributed by atoms with E-state index in [1.54, 1.807) is 16.7 Å². The van der Waals surface area contributed by atoms with Crippen molar-refractivity contribution in [2.24, 2.45) is 0 Å². The van der Waals surface area contributed by atoms with Gasteiger partial charge in [0.05, 0.1) is 11.5 Å².